The van der Waals surface area contributed by atoms with Crippen molar-refractivity contribution in [3.05, 3.63) is 29.8 Å². The van der Waals surface area contributed by atoms with Gasteiger partial charge in [-0.15, -0.1) is 0 Å². The summed E-state index contributed by atoms with van der Waals surface area (Å²) >= 11 is 1.62. The molecule has 0 unspecified atom stereocenters. The van der Waals surface area contributed by atoms with Crippen molar-refractivity contribution in [2.24, 2.45) is 0 Å². The van der Waals surface area contributed by atoms with Crippen molar-refractivity contribution in [1.82, 2.24) is 5.32 Å². The Morgan fingerprint density at radius 1 is 1.23 bits per heavy atom. The highest BCUT2D eigenvalue weighted by atomic mass is 32.2. The minimum Gasteiger partial charge on any atom is -0.330 e. The van der Waals surface area contributed by atoms with E-state index in [9.17, 15) is 0 Å². The predicted molar refractivity (Wildman–Crippen MR) is 61.2 cm³/mol. The van der Waals surface area contributed by atoms with Crippen LogP contribution in [0.25, 0.3) is 0 Å². The molecule has 0 amide bonds. The quantitative estimate of drug-likeness (QED) is 0.706. The van der Waals surface area contributed by atoms with Crippen LogP contribution < -0.4 is 10.0 Å². The van der Waals surface area contributed by atoms with Gasteiger partial charge in [0.1, 0.15) is 0 Å². The van der Waals surface area contributed by atoms with Crippen LogP contribution in [0.15, 0.2) is 24.3 Å². The normalized spacial score (nSPS) is 10.0. The van der Waals surface area contributed by atoms with E-state index in [-0.39, 0.29) is 0 Å². The van der Waals surface area contributed by atoms with Gasteiger partial charge in [-0.25, -0.2) is 0 Å². The van der Waals surface area contributed by atoms with Crippen LogP contribution >= 0.6 is 11.9 Å². The molecular weight excluding hydrogens is 180 g/mol. The maximum atomic E-state index is 3.19. The Morgan fingerprint density at radius 2 is 1.92 bits per heavy atom. The van der Waals surface area contributed by atoms with Crippen molar-refractivity contribution >= 4 is 17.6 Å². The third-order valence-electron chi connectivity index (χ3n) is 1.84. The second-order valence-corrected chi connectivity index (χ2v) is 3.47. The molecule has 1 aromatic carbocycles. The van der Waals surface area contributed by atoms with Crippen LogP contribution in [0.4, 0.5) is 5.69 Å². The molecule has 1 rings (SSSR count). The Kier molecular flexibility index (Phi) is 4.72. The molecule has 0 aromatic heterocycles. The lowest BCUT2D eigenvalue weighted by Crippen LogP contribution is -2.10. The summed E-state index contributed by atoms with van der Waals surface area (Å²) in [5.74, 6) is 0. The van der Waals surface area contributed by atoms with E-state index in [4.69, 9.17) is 0 Å². The predicted octanol–water partition coefficient (Wildman–Crippen LogP) is 2.14. The molecule has 0 aliphatic carbocycles. The maximum Gasteiger partial charge on any atom is 0.0440 e. The van der Waals surface area contributed by atoms with Gasteiger partial charge >= 0.3 is 0 Å². The highest BCUT2D eigenvalue weighted by Crippen LogP contribution is 2.12. The lowest BCUT2D eigenvalue weighted by molar-refractivity contribution is 0.792. The lowest BCUT2D eigenvalue weighted by atomic mass is 10.1. The molecular formula is C10H16N2S. The minimum absolute atomic E-state index is 1.04. The third kappa shape index (κ3) is 3.70. The summed E-state index contributed by atoms with van der Waals surface area (Å²) < 4.78 is 3.19. The summed E-state index contributed by atoms with van der Waals surface area (Å²) in [4.78, 5) is 0. The van der Waals surface area contributed by atoms with Gasteiger partial charge in [0.25, 0.3) is 0 Å². The highest BCUT2D eigenvalue weighted by molar-refractivity contribution is 7.99. The van der Waals surface area contributed by atoms with Crippen molar-refractivity contribution in [2.75, 3.05) is 24.6 Å². The van der Waals surface area contributed by atoms with E-state index in [0.29, 0.717) is 0 Å². The number of hydrogen-bond acceptors (Lipinski definition) is 3. The summed E-state index contributed by atoms with van der Waals surface area (Å²) in [5, 5.41) is 3.14. The zero-order chi connectivity index (χ0) is 9.52. The van der Waals surface area contributed by atoms with Gasteiger partial charge in [0.2, 0.25) is 0 Å². The molecule has 0 radical (unpaired) electrons. The molecule has 72 valence electrons. The fourth-order valence-corrected chi connectivity index (χ4v) is 1.50. The van der Waals surface area contributed by atoms with E-state index in [0.717, 1.165) is 13.0 Å². The van der Waals surface area contributed by atoms with Gasteiger partial charge in [-0.3, -0.25) is 0 Å². The van der Waals surface area contributed by atoms with E-state index in [2.05, 4.69) is 34.3 Å². The van der Waals surface area contributed by atoms with Gasteiger partial charge in [-0.05, 0) is 37.7 Å². The fourth-order valence-electron chi connectivity index (χ4n) is 1.13. The number of benzene rings is 1. The van der Waals surface area contributed by atoms with Gasteiger partial charge in [-0.1, -0.05) is 24.1 Å². The van der Waals surface area contributed by atoms with Crippen LogP contribution in [-0.4, -0.2) is 19.8 Å². The second kappa shape index (κ2) is 5.89. The standard InChI is InChI=1S/C10H16N2S/c1-11-8-7-9-3-5-10(6-4-9)12-13-2/h3-6,11-12H,7-8H2,1-2H3. The van der Waals surface area contributed by atoms with Gasteiger partial charge in [-0.2, -0.15) is 0 Å². The van der Waals surface area contributed by atoms with E-state index in [1.807, 2.05) is 13.3 Å². The Hall–Kier alpha value is -0.670. The summed E-state index contributed by atoms with van der Waals surface area (Å²) in [6.45, 7) is 1.04. The summed E-state index contributed by atoms with van der Waals surface area (Å²) in [6, 6.07) is 8.55. The van der Waals surface area contributed by atoms with Crippen molar-refractivity contribution < 1.29 is 0 Å². The monoisotopic (exact) mass is 196 g/mol. The zero-order valence-corrected chi connectivity index (χ0v) is 8.95. The number of rotatable bonds is 5. The average molecular weight is 196 g/mol. The van der Waals surface area contributed by atoms with Crippen LogP contribution in [0.3, 0.4) is 0 Å². The van der Waals surface area contributed by atoms with Gasteiger partial charge < -0.3 is 10.0 Å². The largest absolute Gasteiger partial charge is 0.330 e. The number of nitrogens with one attached hydrogen (secondary N) is 2. The Morgan fingerprint density at radius 3 is 2.46 bits per heavy atom. The molecule has 0 bridgehead atoms. The molecule has 3 heteroatoms. The fraction of sp³-hybridized carbons (Fsp3) is 0.400. The third-order valence-corrected chi connectivity index (χ3v) is 2.28. The molecule has 0 atom stereocenters. The smallest absolute Gasteiger partial charge is 0.0440 e. The van der Waals surface area contributed by atoms with Crippen molar-refractivity contribution in [1.29, 1.82) is 0 Å². The summed E-state index contributed by atoms with van der Waals surface area (Å²) in [7, 11) is 1.98. The van der Waals surface area contributed by atoms with E-state index in [1.165, 1.54) is 11.3 Å². The molecule has 0 heterocycles. The molecule has 0 spiro atoms. The van der Waals surface area contributed by atoms with E-state index >= 15 is 0 Å². The first-order valence-corrected chi connectivity index (χ1v) is 5.62. The summed E-state index contributed by atoms with van der Waals surface area (Å²) in [6.07, 6.45) is 3.12. The highest BCUT2D eigenvalue weighted by Gasteiger charge is 1.92. The van der Waals surface area contributed by atoms with Crippen LogP contribution in [0.5, 0.6) is 0 Å². The summed E-state index contributed by atoms with van der Waals surface area (Å²) in [5.41, 5.74) is 2.54. The first-order chi connectivity index (χ1) is 6.36. The average Bonchev–Trinajstić information content (AvgIpc) is 2.17. The van der Waals surface area contributed by atoms with Crippen molar-refractivity contribution in [3.63, 3.8) is 0 Å². The van der Waals surface area contributed by atoms with Gasteiger partial charge in [0.05, 0.1) is 0 Å². The molecule has 0 aliphatic rings. The molecule has 2 nitrogen and oxygen atoms in total. The maximum absolute atomic E-state index is 3.19. The van der Waals surface area contributed by atoms with E-state index in [1.54, 1.807) is 11.9 Å². The molecule has 0 fully saturated rings. The molecule has 13 heavy (non-hydrogen) atoms. The van der Waals surface area contributed by atoms with Gasteiger partial charge in [0.15, 0.2) is 0 Å². The first-order valence-electron chi connectivity index (χ1n) is 4.39. The SMILES string of the molecule is CNCCc1ccc(NSC)cc1. The number of likely N-dealkylation sites (N-methyl/N-ethyl adjacent to an activating group) is 1. The molecule has 0 saturated carbocycles. The lowest BCUT2D eigenvalue weighted by Gasteiger charge is -2.04. The Bertz CT molecular complexity index is 233. The molecule has 2 N–H and O–H groups in total. The Balaban J connectivity index is 2.48. The first kappa shape index (κ1) is 10.4. The zero-order valence-electron chi connectivity index (χ0n) is 8.13. The minimum atomic E-state index is 1.04. The van der Waals surface area contributed by atoms with Crippen molar-refractivity contribution in [2.45, 2.75) is 6.42 Å². The van der Waals surface area contributed by atoms with E-state index < -0.39 is 0 Å². The molecule has 1 aromatic rings. The molecule has 0 aliphatic heterocycles. The topological polar surface area (TPSA) is 24.1 Å². The van der Waals surface area contributed by atoms with Crippen LogP contribution in [-0.2, 0) is 6.42 Å². The van der Waals surface area contributed by atoms with Gasteiger partial charge in [0, 0.05) is 11.9 Å². The molecule has 0 saturated heterocycles. The number of anilines is 1. The van der Waals surface area contributed by atoms with Crippen LogP contribution in [0, 0.1) is 0 Å². The van der Waals surface area contributed by atoms with Crippen LogP contribution in [0.1, 0.15) is 5.56 Å². The Labute approximate surface area is 84.2 Å². The van der Waals surface area contributed by atoms with Crippen molar-refractivity contribution in [3.8, 4) is 0 Å². The number of hydrogen-bond donors (Lipinski definition) is 2. The second-order valence-electron chi connectivity index (χ2n) is 2.86. The van der Waals surface area contributed by atoms with Crippen LogP contribution in [0.2, 0.25) is 0 Å².